The van der Waals surface area contributed by atoms with E-state index in [-0.39, 0.29) is 0 Å². The maximum Gasteiger partial charge on any atom is 0.157 e. The van der Waals surface area contributed by atoms with Gasteiger partial charge in [-0.2, -0.15) is 5.10 Å². The van der Waals surface area contributed by atoms with Crippen LogP contribution in [0.15, 0.2) is 66.0 Å². The molecule has 4 heteroatoms. The first-order valence-corrected chi connectivity index (χ1v) is 6.40. The van der Waals surface area contributed by atoms with Gasteiger partial charge in [0.05, 0.1) is 11.2 Å². The lowest BCUT2D eigenvalue weighted by atomic mass is 10.1. The van der Waals surface area contributed by atoms with Crippen molar-refractivity contribution in [1.29, 1.82) is 0 Å². The average molecular weight is 262 g/mol. The van der Waals surface area contributed by atoms with Crippen LogP contribution in [0.2, 0.25) is 0 Å². The minimum absolute atomic E-state index is 0.714. The van der Waals surface area contributed by atoms with Gasteiger partial charge in [0.2, 0.25) is 0 Å². The number of anilines is 1. The molecule has 0 fully saturated rings. The molecule has 1 heterocycles. The van der Waals surface area contributed by atoms with Crippen molar-refractivity contribution >= 4 is 22.4 Å². The Morgan fingerprint density at radius 1 is 0.950 bits per heavy atom. The topological polar surface area (TPSA) is 50.2 Å². The maximum absolute atomic E-state index is 4.39. The van der Waals surface area contributed by atoms with Crippen molar-refractivity contribution < 1.29 is 0 Å². The van der Waals surface area contributed by atoms with Crippen LogP contribution in [0.4, 0.5) is 5.82 Å². The molecule has 20 heavy (non-hydrogen) atoms. The third-order valence-corrected chi connectivity index (χ3v) is 3.06. The molecule has 1 aromatic heterocycles. The van der Waals surface area contributed by atoms with Gasteiger partial charge in [-0.25, -0.2) is 9.97 Å². The summed E-state index contributed by atoms with van der Waals surface area (Å²) in [4.78, 5) is 8.47. The summed E-state index contributed by atoms with van der Waals surface area (Å²) < 4.78 is 0. The Balaban J connectivity index is 1.91. The second-order valence-electron chi connectivity index (χ2n) is 4.41. The number of hydrazone groups is 1. The van der Waals surface area contributed by atoms with Gasteiger partial charge in [-0.05, 0) is 24.6 Å². The van der Waals surface area contributed by atoms with Crippen LogP contribution in [-0.2, 0) is 0 Å². The molecule has 98 valence electrons. The molecule has 0 radical (unpaired) electrons. The van der Waals surface area contributed by atoms with Gasteiger partial charge in [-0.1, -0.05) is 42.5 Å². The van der Waals surface area contributed by atoms with Crippen LogP contribution in [0.5, 0.6) is 0 Å². The summed E-state index contributed by atoms with van der Waals surface area (Å²) in [5, 5.41) is 5.35. The van der Waals surface area contributed by atoms with Gasteiger partial charge in [0, 0.05) is 5.39 Å². The van der Waals surface area contributed by atoms with Crippen LogP contribution in [0.1, 0.15) is 12.5 Å². The van der Waals surface area contributed by atoms with Crippen molar-refractivity contribution in [2.75, 3.05) is 5.43 Å². The van der Waals surface area contributed by atoms with Gasteiger partial charge in [-0.15, -0.1) is 0 Å². The first-order valence-electron chi connectivity index (χ1n) is 6.40. The summed E-state index contributed by atoms with van der Waals surface area (Å²) in [5.74, 6) is 0.714. The predicted octanol–water partition coefficient (Wildman–Crippen LogP) is 3.47. The molecule has 2 aromatic carbocycles. The summed E-state index contributed by atoms with van der Waals surface area (Å²) in [7, 11) is 0. The minimum atomic E-state index is 0.714. The van der Waals surface area contributed by atoms with Crippen LogP contribution in [0.3, 0.4) is 0 Å². The number of hydrogen-bond acceptors (Lipinski definition) is 4. The van der Waals surface area contributed by atoms with E-state index in [1.165, 1.54) is 6.33 Å². The van der Waals surface area contributed by atoms with E-state index < -0.39 is 0 Å². The fraction of sp³-hybridized carbons (Fsp3) is 0.0625. The standard InChI is InChI=1S/C16H14N4/c1-12(13-7-3-2-4-8-13)19-20-16-14-9-5-6-10-15(14)17-11-18-16/h2-11H,1H3,(H,17,18,20)/b19-12+. The average Bonchev–Trinajstić information content (AvgIpc) is 2.53. The molecule has 0 unspecified atom stereocenters. The Bertz CT molecular complexity index is 745. The van der Waals surface area contributed by atoms with E-state index in [0.29, 0.717) is 5.82 Å². The second kappa shape index (κ2) is 5.48. The van der Waals surface area contributed by atoms with E-state index in [1.807, 2.05) is 61.5 Å². The molecule has 0 amide bonds. The van der Waals surface area contributed by atoms with Gasteiger partial charge in [-0.3, -0.25) is 5.43 Å². The highest BCUT2D eigenvalue weighted by Gasteiger charge is 2.02. The van der Waals surface area contributed by atoms with Crippen LogP contribution in [0, 0.1) is 0 Å². The Labute approximate surface area is 117 Å². The second-order valence-corrected chi connectivity index (χ2v) is 4.41. The molecule has 3 rings (SSSR count). The van der Waals surface area contributed by atoms with E-state index in [9.17, 15) is 0 Å². The van der Waals surface area contributed by atoms with Crippen LogP contribution in [0.25, 0.3) is 10.9 Å². The quantitative estimate of drug-likeness (QED) is 0.581. The van der Waals surface area contributed by atoms with E-state index in [0.717, 1.165) is 22.2 Å². The highest BCUT2D eigenvalue weighted by atomic mass is 15.3. The summed E-state index contributed by atoms with van der Waals surface area (Å²) in [6, 6.07) is 17.9. The molecule has 0 saturated heterocycles. The van der Waals surface area contributed by atoms with Gasteiger partial charge < -0.3 is 0 Å². The number of nitrogens with one attached hydrogen (secondary N) is 1. The van der Waals surface area contributed by atoms with E-state index in [1.54, 1.807) is 0 Å². The molecular weight excluding hydrogens is 248 g/mol. The molecule has 0 aliphatic carbocycles. The van der Waals surface area contributed by atoms with Crippen molar-refractivity contribution in [3.05, 3.63) is 66.5 Å². The third-order valence-electron chi connectivity index (χ3n) is 3.06. The number of aromatic nitrogens is 2. The number of para-hydroxylation sites is 1. The summed E-state index contributed by atoms with van der Waals surface area (Å²) in [6.07, 6.45) is 1.54. The molecule has 0 aliphatic heterocycles. The Morgan fingerprint density at radius 3 is 2.55 bits per heavy atom. The van der Waals surface area contributed by atoms with Crippen molar-refractivity contribution in [1.82, 2.24) is 9.97 Å². The molecular formula is C16H14N4. The van der Waals surface area contributed by atoms with Crippen molar-refractivity contribution in [2.45, 2.75) is 6.92 Å². The first kappa shape index (κ1) is 12.3. The summed E-state index contributed by atoms with van der Waals surface area (Å²) in [5.41, 5.74) is 5.92. The molecule has 1 N–H and O–H groups in total. The van der Waals surface area contributed by atoms with Crippen LogP contribution >= 0.6 is 0 Å². The number of benzene rings is 2. The molecule has 0 aliphatic rings. The van der Waals surface area contributed by atoms with Gasteiger partial charge in [0.25, 0.3) is 0 Å². The number of hydrogen-bond donors (Lipinski definition) is 1. The lowest BCUT2D eigenvalue weighted by molar-refractivity contribution is 1.18. The van der Waals surface area contributed by atoms with Crippen LogP contribution < -0.4 is 5.43 Å². The molecule has 3 aromatic rings. The highest BCUT2D eigenvalue weighted by molar-refractivity contribution is 5.99. The summed E-state index contributed by atoms with van der Waals surface area (Å²) in [6.45, 7) is 1.96. The molecule has 4 nitrogen and oxygen atoms in total. The van der Waals surface area contributed by atoms with Crippen molar-refractivity contribution in [2.24, 2.45) is 5.10 Å². The molecule has 0 bridgehead atoms. The van der Waals surface area contributed by atoms with Gasteiger partial charge in [0.15, 0.2) is 5.82 Å². The zero-order valence-electron chi connectivity index (χ0n) is 11.1. The lowest BCUT2D eigenvalue weighted by Crippen LogP contribution is -2.01. The third kappa shape index (κ3) is 2.49. The Hall–Kier alpha value is -2.75. The normalized spacial score (nSPS) is 11.6. The number of rotatable bonds is 3. The highest BCUT2D eigenvalue weighted by Crippen LogP contribution is 2.18. The zero-order valence-corrected chi connectivity index (χ0v) is 11.1. The van der Waals surface area contributed by atoms with Crippen molar-refractivity contribution in [3.8, 4) is 0 Å². The minimum Gasteiger partial charge on any atom is -0.260 e. The summed E-state index contributed by atoms with van der Waals surface area (Å²) >= 11 is 0. The smallest absolute Gasteiger partial charge is 0.157 e. The van der Waals surface area contributed by atoms with E-state index >= 15 is 0 Å². The lowest BCUT2D eigenvalue weighted by Gasteiger charge is -2.05. The SMILES string of the molecule is C/C(=N\Nc1ncnc2ccccc12)c1ccccc1. The fourth-order valence-electron chi connectivity index (χ4n) is 1.97. The van der Waals surface area contributed by atoms with Crippen LogP contribution in [-0.4, -0.2) is 15.7 Å². The fourth-order valence-corrected chi connectivity index (χ4v) is 1.97. The Kier molecular flexibility index (Phi) is 3.37. The number of fused-ring (bicyclic) bond motifs is 1. The van der Waals surface area contributed by atoms with Gasteiger partial charge in [0.1, 0.15) is 6.33 Å². The van der Waals surface area contributed by atoms with Gasteiger partial charge >= 0.3 is 0 Å². The molecule has 0 spiro atoms. The van der Waals surface area contributed by atoms with E-state index in [4.69, 9.17) is 0 Å². The molecule has 0 saturated carbocycles. The largest absolute Gasteiger partial charge is 0.260 e. The predicted molar refractivity (Wildman–Crippen MR) is 81.8 cm³/mol. The maximum atomic E-state index is 4.39. The van der Waals surface area contributed by atoms with E-state index in [2.05, 4.69) is 20.5 Å². The number of nitrogens with zero attached hydrogens (tertiary/aromatic N) is 3. The zero-order chi connectivity index (χ0) is 13.8. The molecule has 0 atom stereocenters. The first-order chi connectivity index (χ1) is 9.84. The Morgan fingerprint density at radius 2 is 1.70 bits per heavy atom. The van der Waals surface area contributed by atoms with Crippen molar-refractivity contribution in [3.63, 3.8) is 0 Å². The monoisotopic (exact) mass is 262 g/mol.